The van der Waals surface area contributed by atoms with Gasteiger partial charge in [0.25, 0.3) is 0 Å². The van der Waals surface area contributed by atoms with E-state index in [2.05, 4.69) is 16.5 Å². The summed E-state index contributed by atoms with van der Waals surface area (Å²) >= 11 is 1.58. The zero-order valence-corrected chi connectivity index (χ0v) is 15.7. The van der Waals surface area contributed by atoms with Crippen LogP contribution in [0.2, 0.25) is 0 Å². The van der Waals surface area contributed by atoms with Gasteiger partial charge in [0.1, 0.15) is 17.4 Å². The van der Waals surface area contributed by atoms with Crippen LogP contribution in [0.4, 0.5) is 0 Å². The smallest absolute Gasteiger partial charge is 0.144 e. The van der Waals surface area contributed by atoms with Gasteiger partial charge >= 0.3 is 0 Å². The van der Waals surface area contributed by atoms with Crippen LogP contribution < -0.4 is 5.73 Å². The number of thiophene rings is 1. The number of aliphatic hydroxyl groups is 1. The third-order valence-electron chi connectivity index (χ3n) is 4.19. The summed E-state index contributed by atoms with van der Waals surface area (Å²) in [6.45, 7) is 8.48. The fraction of sp³-hybridized carbons (Fsp3) is 0.200. The highest BCUT2D eigenvalue weighted by molar-refractivity contribution is 7.16. The minimum absolute atomic E-state index is 0.663. The second-order valence-electron chi connectivity index (χ2n) is 5.75. The molecule has 0 fully saturated rings. The van der Waals surface area contributed by atoms with Crippen LogP contribution in [0.15, 0.2) is 54.9 Å². The number of aromatic nitrogens is 3. The normalized spacial score (nSPS) is 13.6. The first-order valence-corrected chi connectivity index (χ1v) is 9.31. The number of aliphatic hydroxyl groups excluding tert-OH is 1. The highest BCUT2D eigenvalue weighted by atomic mass is 32.1. The van der Waals surface area contributed by atoms with Crippen LogP contribution in [-0.4, -0.2) is 19.6 Å². The first-order chi connectivity index (χ1) is 12.6. The number of nitrogens with zero attached hydrogens (tertiary/aromatic N) is 3. The lowest BCUT2D eigenvalue weighted by Crippen LogP contribution is -2.15. The summed E-state index contributed by atoms with van der Waals surface area (Å²) in [5, 5.41) is 13.3. The Hall–Kier alpha value is -2.54. The summed E-state index contributed by atoms with van der Waals surface area (Å²) in [6.07, 6.45) is 10.1. The summed E-state index contributed by atoms with van der Waals surface area (Å²) in [6, 6.07) is 2.02. The molecule has 3 rings (SSSR count). The molecule has 0 spiro atoms. The van der Waals surface area contributed by atoms with Crippen molar-refractivity contribution in [3.8, 4) is 11.3 Å². The maximum atomic E-state index is 10.3. The Bertz CT molecular complexity index is 995. The highest BCUT2D eigenvalue weighted by Crippen LogP contribution is 2.38. The van der Waals surface area contributed by atoms with E-state index in [4.69, 9.17) is 5.73 Å². The van der Waals surface area contributed by atoms with Crippen molar-refractivity contribution in [1.82, 2.24) is 14.5 Å². The van der Waals surface area contributed by atoms with Crippen LogP contribution in [0, 0.1) is 0 Å². The second-order valence-corrected chi connectivity index (χ2v) is 6.65. The van der Waals surface area contributed by atoms with Gasteiger partial charge in [0.15, 0.2) is 0 Å². The molecule has 134 valence electrons. The molecule has 26 heavy (non-hydrogen) atoms. The lowest BCUT2D eigenvalue weighted by Gasteiger charge is -2.14. The molecule has 3 aromatic heterocycles. The molecule has 1 atom stereocenters. The number of hydrogen-bond donors (Lipinski definition) is 2. The van der Waals surface area contributed by atoms with Crippen LogP contribution >= 0.6 is 11.3 Å². The standard InChI is InChI=1S/C20H22N4OS/c1-4-7-13(8-5-2)16-15(11-24(6-3)18(16)19(21)25)17-14-9-10-26-20(14)23-12-22-17/h4-5,7-12,19,25H,1,6,21H2,2-3H3/b8-5-,13-7+. The fourth-order valence-corrected chi connectivity index (χ4v) is 3.90. The number of hydrogen-bond acceptors (Lipinski definition) is 5. The highest BCUT2D eigenvalue weighted by Gasteiger charge is 2.24. The molecule has 0 saturated heterocycles. The summed E-state index contributed by atoms with van der Waals surface area (Å²) in [4.78, 5) is 9.82. The minimum Gasteiger partial charge on any atom is -0.373 e. The number of aryl methyl sites for hydroxylation is 1. The molecule has 0 aromatic carbocycles. The predicted octanol–water partition coefficient (Wildman–Crippen LogP) is 4.27. The Morgan fingerprint density at radius 1 is 1.46 bits per heavy atom. The second kappa shape index (κ2) is 7.78. The van der Waals surface area contributed by atoms with Gasteiger partial charge in [0.05, 0.1) is 11.4 Å². The molecule has 5 nitrogen and oxygen atoms in total. The van der Waals surface area contributed by atoms with Crippen molar-refractivity contribution < 1.29 is 5.11 Å². The number of fused-ring (bicyclic) bond motifs is 1. The van der Waals surface area contributed by atoms with E-state index < -0.39 is 6.23 Å². The van der Waals surface area contributed by atoms with Crippen LogP contribution in [0.5, 0.6) is 0 Å². The Balaban J connectivity index is 2.40. The van der Waals surface area contributed by atoms with Gasteiger partial charge in [-0.2, -0.15) is 0 Å². The molecule has 3 heterocycles. The first kappa shape index (κ1) is 18.3. The Morgan fingerprint density at radius 2 is 2.27 bits per heavy atom. The molecule has 6 heteroatoms. The van der Waals surface area contributed by atoms with E-state index >= 15 is 0 Å². The third-order valence-corrected chi connectivity index (χ3v) is 5.01. The average Bonchev–Trinajstić information content (AvgIpc) is 3.25. The van der Waals surface area contributed by atoms with Crippen molar-refractivity contribution >= 4 is 27.1 Å². The lowest BCUT2D eigenvalue weighted by atomic mass is 9.97. The summed E-state index contributed by atoms with van der Waals surface area (Å²) < 4.78 is 1.97. The SMILES string of the molecule is C=C/C=C(\C=C/C)c1c(-c2ncnc3sccc23)cn(CC)c1C(N)O. The van der Waals surface area contributed by atoms with E-state index in [1.165, 1.54) is 0 Å². The lowest BCUT2D eigenvalue weighted by molar-refractivity contribution is 0.176. The van der Waals surface area contributed by atoms with Gasteiger partial charge in [-0.1, -0.05) is 30.9 Å². The van der Waals surface area contributed by atoms with Crippen molar-refractivity contribution in [3.05, 3.63) is 66.1 Å². The average molecular weight is 366 g/mol. The summed E-state index contributed by atoms with van der Waals surface area (Å²) in [5.41, 5.74) is 10.1. The van der Waals surface area contributed by atoms with Gasteiger partial charge in [-0.3, -0.25) is 0 Å². The quantitative estimate of drug-likeness (QED) is 0.504. The third kappa shape index (κ3) is 3.14. The van der Waals surface area contributed by atoms with Gasteiger partial charge in [-0.15, -0.1) is 11.3 Å². The van der Waals surface area contributed by atoms with Crippen molar-refractivity contribution in [2.24, 2.45) is 5.73 Å². The van der Waals surface area contributed by atoms with E-state index in [1.54, 1.807) is 23.7 Å². The number of allylic oxidation sites excluding steroid dienone is 5. The molecular weight excluding hydrogens is 344 g/mol. The first-order valence-electron chi connectivity index (χ1n) is 8.43. The molecule has 0 amide bonds. The van der Waals surface area contributed by atoms with Crippen molar-refractivity contribution in [3.63, 3.8) is 0 Å². The molecule has 0 aliphatic rings. The molecule has 0 aliphatic carbocycles. The van der Waals surface area contributed by atoms with Gasteiger partial charge in [0.2, 0.25) is 0 Å². The van der Waals surface area contributed by atoms with Gasteiger partial charge < -0.3 is 15.4 Å². The summed E-state index contributed by atoms with van der Waals surface area (Å²) in [5.74, 6) is 0. The zero-order chi connectivity index (χ0) is 18.7. The van der Waals surface area contributed by atoms with E-state index in [9.17, 15) is 5.11 Å². The predicted molar refractivity (Wildman–Crippen MR) is 109 cm³/mol. The monoisotopic (exact) mass is 366 g/mol. The fourth-order valence-electron chi connectivity index (χ4n) is 3.17. The van der Waals surface area contributed by atoms with Gasteiger partial charge in [-0.05, 0) is 30.9 Å². The van der Waals surface area contributed by atoms with Gasteiger partial charge in [0, 0.05) is 29.3 Å². The molecule has 0 saturated carbocycles. The van der Waals surface area contributed by atoms with E-state index in [0.717, 1.165) is 32.6 Å². The molecular formula is C20H22N4OS. The van der Waals surface area contributed by atoms with E-state index in [1.807, 2.05) is 54.3 Å². The topological polar surface area (TPSA) is 77.0 Å². The van der Waals surface area contributed by atoms with Crippen molar-refractivity contribution in [1.29, 1.82) is 0 Å². The molecule has 0 radical (unpaired) electrons. The molecule has 3 aromatic rings. The Morgan fingerprint density at radius 3 is 2.92 bits per heavy atom. The Kier molecular flexibility index (Phi) is 5.46. The van der Waals surface area contributed by atoms with Crippen LogP contribution in [0.3, 0.4) is 0 Å². The molecule has 1 unspecified atom stereocenters. The van der Waals surface area contributed by atoms with Crippen molar-refractivity contribution in [2.45, 2.75) is 26.6 Å². The largest absolute Gasteiger partial charge is 0.373 e. The van der Waals surface area contributed by atoms with Crippen LogP contribution in [0.1, 0.15) is 31.3 Å². The van der Waals surface area contributed by atoms with Crippen molar-refractivity contribution in [2.75, 3.05) is 0 Å². The van der Waals surface area contributed by atoms with Gasteiger partial charge in [-0.25, -0.2) is 9.97 Å². The molecule has 3 N–H and O–H groups in total. The molecule has 0 aliphatic heterocycles. The molecule has 0 bridgehead atoms. The van der Waals surface area contributed by atoms with E-state index in [0.29, 0.717) is 12.2 Å². The van der Waals surface area contributed by atoms with E-state index in [-0.39, 0.29) is 0 Å². The Labute approximate surface area is 156 Å². The van der Waals surface area contributed by atoms with Crippen LogP contribution in [-0.2, 0) is 6.54 Å². The van der Waals surface area contributed by atoms with Crippen LogP contribution in [0.25, 0.3) is 27.0 Å². The zero-order valence-electron chi connectivity index (χ0n) is 14.9. The number of rotatable bonds is 6. The maximum Gasteiger partial charge on any atom is 0.144 e. The maximum absolute atomic E-state index is 10.3. The summed E-state index contributed by atoms with van der Waals surface area (Å²) in [7, 11) is 0. The number of nitrogens with two attached hydrogens (primary N) is 1. The minimum atomic E-state index is -1.10.